The van der Waals surface area contributed by atoms with Crippen molar-refractivity contribution < 1.29 is 9.53 Å². The molecule has 5 nitrogen and oxygen atoms in total. The summed E-state index contributed by atoms with van der Waals surface area (Å²) < 4.78 is 4.86. The number of hydrogen-bond acceptors (Lipinski definition) is 5. The lowest BCUT2D eigenvalue weighted by molar-refractivity contribution is 0.0526. The summed E-state index contributed by atoms with van der Waals surface area (Å²) in [6.45, 7) is 1.97. The van der Waals surface area contributed by atoms with Gasteiger partial charge in [0.15, 0.2) is 0 Å². The predicted molar refractivity (Wildman–Crippen MR) is 81.7 cm³/mol. The van der Waals surface area contributed by atoms with E-state index in [9.17, 15) is 4.79 Å². The van der Waals surface area contributed by atoms with Crippen molar-refractivity contribution >= 4 is 35.0 Å². The van der Waals surface area contributed by atoms with Crippen LogP contribution in [0.25, 0.3) is 0 Å². The molecule has 0 saturated heterocycles. The number of carbonyl (C=O) groups excluding carboxylic acids is 1. The molecule has 7 heteroatoms. The van der Waals surface area contributed by atoms with Gasteiger partial charge < -0.3 is 10.5 Å². The van der Waals surface area contributed by atoms with Crippen LogP contribution in [0.4, 0.5) is 5.82 Å². The van der Waals surface area contributed by atoms with E-state index in [2.05, 4.69) is 9.97 Å². The van der Waals surface area contributed by atoms with Crippen LogP contribution in [0.2, 0.25) is 10.0 Å². The molecule has 0 fully saturated rings. The van der Waals surface area contributed by atoms with E-state index in [0.29, 0.717) is 27.9 Å². The van der Waals surface area contributed by atoms with Gasteiger partial charge in [0.2, 0.25) is 0 Å². The van der Waals surface area contributed by atoms with E-state index >= 15 is 0 Å². The third-order valence-electron chi connectivity index (χ3n) is 2.76. The molecule has 0 radical (unpaired) electrons. The molecule has 2 aromatic rings. The maximum Gasteiger partial charge on any atom is 0.343 e. The molecule has 1 aromatic heterocycles. The van der Waals surface area contributed by atoms with Crippen molar-refractivity contribution in [2.45, 2.75) is 13.3 Å². The second kappa shape index (κ2) is 6.74. The summed E-state index contributed by atoms with van der Waals surface area (Å²) in [5.74, 6) is -0.0468. The Morgan fingerprint density at radius 1 is 1.33 bits per heavy atom. The summed E-state index contributed by atoms with van der Waals surface area (Å²) in [4.78, 5) is 19.8. The van der Waals surface area contributed by atoms with Gasteiger partial charge in [-0.15, -0.1) is 0 Å². The molecule has 0 aliphatic rings. The summed E-state index contributed by atoms with van der Waals surface area (Å²) >= 11 is 12.2. The molecular formula is C14H13Cl2N3O2. The Morgan fingerprint density at radius 3 is 2.57 bits per heavy atom. The van der Waals surface area contributed by atoms with Crippen LogP contribution in [0.5, 0.6) is 0 Å². The van der Waals surface area contributed by atoms with Crippen LogP contribution in [0.3, 0.4) is 0 Å². The van der Waals surface area contributed by atoms with Gasteiger partial charge in [-0.3, -0.25) is 0 Å². The number of ether oxygens (including phenoxy) is 1. The zero-order valence-electron chi connectivity index (χ0n) is 11.3. The quantitative estimate of drug-likeness (QED) is 0.873. The summed E-state index contributed by atoms with van der Waals surface area (Å²) in [6.07, 6.45) is 1.67. The van der Waals surface area contributed by atoms with Gasteiger partial charge in [0, 0.05) is 22.7 Å². The number of hydrogen-bond donors (Lipinski definition) is 1. The first-order valence-electron chi connectivity index (χ1n) is 6.24. The molecule has 110 valence electrons. The lowest BCUT2D eigenvalue weighted by Gasteiger charge is -2.08. The fourth-order valence-corrected chi connectivity index (χ4v) is 2.28. The maximum absolute atomic E-state index is 11.6. The predicted octanol–water partition coefficient (Wildman–Crippen LogP) is 3.13. The zero-order valence-corrected chi connectivity index (χ0v) is 12.8. The monoisotopic (exact) mass is 325 g/mol. The van der Waals surface area contributed by atoms with Crippen molar-refractivity contribution in [3.05, 3.63) is 51.4 Å². The van der Waals surface area contributed by atoms with Crippen LogP contribution in [-0.2, 0) is 11.2 Å². The summed E-state index contributed by atoms with van der Waals surface area (Å²) in [7, 11) is 0. The van der Waals surface area contributed by atoms with Gasteiger partial charge in [0.1, 0.15) is 17.2 Å². The van der Waals surface area contributed by atoms with Crippen LogP contribution in [0.1, 0.15) is 28.7 Å². The van der Waals surface area contributed by atoms with Crippen molar-refractivity contribution in [2.75, 3.05) is 12.3 Å². The average molecular weight is 326 g/mol. The normalized spacial score (nSPS) is 10.4. The SMILES string of the molecule is CCOC(=O)c1cnc(Cc2c(Cl)cccc2Cl)nc1N. The molecule has 1 heterocycles. The van der Waals surface area contributed by atoms with Crippen LogP contribution >= 0.6 is 23.2 Å². The van der Waals surface area contributed by atoms with Crippen molar-refractivity contribution in [2.24, 2.45) is 0 Å². The molecular weight excluding hydrogens is 313 g/mol. The first kappa shape index (κ1) is 15.5. The Morgan fingerprint density at radius 2 is 2.00 bits per heavy atom. The van der Waals surface area contributed by atoms with Crippen LogP contribution in [0, 0.1) is 0 Å². The van der Waals surface area contributed by atoms with E-state index in [1.165, 1.54) is 6.20 Å². The van der Waals surface area contributed by atoms with Gasteiger partial charge >= 0.3 is 5.97 Å². The molecule has 0 unspecified atom stereocenters. The minimum absolute atomic E-state index is 0.0710. The molecule has 0 atom stereocenters. The molecule has 21 heavy (non-hydrogen) atoms. The van der Waals surface area contributed by atoms with Gasteiger partial charge in [0.05, 0.1) is 6.61 Å². The van der Waals surface area contributed by atoms with Gasteiger partial charge in [-0.25, -0.2) is 14.8 Å². The average Bonchev–Trinajstić information content (AvgIpc) is 2.43. The van der Waals surface area contributed by atoms with Gasteiger partial charge in [0.25, 0.3) is 0 Å². The van der Waals surface area contributed by atoms with Crippen LogP contribution in [0.15, 0.2) is 24.4 Å². The second-order valence-electron chi connectivity index (χ2n) is 4.18. The zero-order chi connectivity index (χ0) is 15.4. The molecule has 0 saturated carbocycles. The van der Waals surface area contributed by atoms with Gasteiger partial charge in [-0.2, -0.15) is 0 Å². The molecule has 0 spiro atoms. The second-order valence-corrected chi connectivity index (χ2v) is 5.00. The lowest BCUT2D eigenvalue weighted by Crippen LogP contribution is -2.12. The first-order valence-corrected chi connectivity index (χ1v) is 7.00. The van der Waals surface area contributed by atoms with E-state index in [1.807, 2.05) is 0 Å². The Bertz CT molecular complexity index is 657. The largest absolute Gasteiger partial charge is 0.462 e. The number of nitrogen functional groups attached to an aromatic ring is 1. The van der Waals surface area contributed by atoms with E-state index in [0.717, 1.165) is 0 Å². The van der Waals surface area contributed by atoms with Crippen molar-refractivity contribution in [1.29, 1.82) is 0 Å². The third kappa shape index (κ3) is 3.62. The van der Waals surface area contributed by atoms with E-state index in [-0.39, 0.29) is 18.0 Å². The molecule has 1 aromatic carbocycles. The fourth-order valence-electron chi connectivity index (χ4n) is 1.74. The van der Waals surface area contributed by atoms with Crippen molar-refractivity contribution in [3.8, 4) is 0 Å². The molecule has 0 aliphatic carbocycles. The highest BCUT2D eigenvalue weighted by Gasteiger charge is 2.15. The summed E-state index contributed by atoms with van der Waals surface area (Å²) in [6, 6.07) is 5.23. The van der Waals surface area contributed by atoms with Crippen molar-refractivity contribution in [1.82, 2.24) is 9.97 Å². The number of anilines is 1. The number of esters is 1. The van der Waals surface area contributed by atoms with E-state index in [4.69, 9.17) is 33.7 Å². The third-order valence-corrected chi connectivity index (χ3v) is 3.47. The first-order chi connectivity index (χ1) is 10.0. The molecule has 0 amide bonds. The Labute approximate surface area is 132 Å². The number of nitrogens with two attached hydrogens (primary N) is 1. The Hall–Kier alpha value is -1.85. The van der Waals surface area contributed by atoms with Crippen LogP contribution < -0.4 is 5.73 Å². The lowest BCUT2D eigenvalue weighted by atomic mass is 10.1. The summed E-state index contributed by atoms with van der Waals surface area (Å²) in [5.41, 5.74) is 6.62. The molecule has 2 N–H and O–H groups in total. The molecule has 0 bridgehead atoms. The minimum Gasteiger partial charge on any atom is -0.462 e. The van der Waals surface area contributed by atoms with Gasteiger partial charge in [-0.05, 0) is 24.6 Å². The highest BCUT2D eigenvalue weighted by atomic mass is 35.5. The van der Waals surface area contributed by atoms with Crippen LogP contribution in [-0.4, -0.2) is 22.5 Å². The topological polar surface area (TPSA) is 78.1 Å². The molecule has 2 rings (SSSR count). The number of halogens is 2. The number of nitrogens with zero attached hydrogens (tertiary/aromatic N) is 2. The number of benzene rings is 1. The highest BCUT2D eigenvalue weighted by Crippen LogP contribution is 2.26. The smallest absolute Gasteiger partial charge is 0.343 e. The summed E-state index contributed by atoms with van der Waals surface area (Å²) in [5, 5.41) is 1.05. The molecule has 0 aliphatic heterocycles. The van der Waals surface area contributed by atoms with E-state index in [1.54, 1.807) is 25.1 Å². The number of rotatable bonds is 4. The van der Waals surface area contributed by atoms with Crippen molar-refractivity contribution in [3.63, 3.8) is 0 Å². The number of aromatic nitrogens is 2. The fraction of sp³-hybridized carbons (Fsp3) is 0.214. The Kier molecular flexibility index (Phi) is 4.98. The maximum atomic E-state index is 11.6. The standard InChI is InChI=1S/C14H13Cl2N3O2/c1-2-21-14(20)9-7-18-12(19-13(9)17)6-8-10(15)4-3-5-11(8)16/h3-5,7H,2,6H2,1H3,(H2,17,18,19). The Balaban J connectivity index is 2.27. The minimum atomic E-state index is -0.544. The van der Waals surface area contributed by atoms with Gasteiger partial charge in [-0.1, -0.05) is 29.3 Å². The number of carbonyl (C=O) groups is 1. The highest BCUT2D eigenvalue weighted by molar-refractivity contribution is 6.36. The van der Waals surface area contributed by atoms with E-state index < -0.39 is 5.97 Å².